The molecule has 1 saturated carbocycles. The Morgan fingerprint density at radius 3 is 2.76 bits per heavy atom. The second kappa shape index (κ2) is 9.32. The minimum Gasteiger partial charge on any atom is -0.493 e. The van der Waals surface area contributed by atoms with Gasteiger partial charge in [0.05, 0.1) is 18.7 Å². The third kappa shape index (κ3) is 6.31. The zero-order chi connectivity index (χ0) is 18.2. The van der Waals surface area contributed by atoms with Crippen molar-refractivity contribution in [2.45, 2.75) is 32.2 Å². The molecule has 0 aliphatic heterocycles. The lowest BCUT2D eigenvalue weighted by atomic mass is 10.2. The zero-order valence-electron chi connectivity index (χ0n) is 14.3. The predicted molar refractivity (Wildman–Crippen MR) is 94.9 cm³/mol. The third-order valence-electron chi connectivity index (χ3n) is 3.40. The van der Waals surface area contributed by atoms with E-state index in [1.165, 1.54) is 13.2 Å². The number of rotatable bonds is 9. The van der Waals surface area contributed by atoms with Crippen molar-refractivity contribution in [2.24, 2.45) is 0 Å². The number of amides is 1. The number of halogens is 1. The first-order valence-electron chi connectivity index (χ1n) is 8.18. The molecule has 0 saturated heterocycles. The number of benzene rings is 1. The molecule has 0 radical (unpaired) electrons. The number of carbonyl (C=O) groups is 2. The molecule has 1 aliphatic carbocycles. The van der Waals surface area contributed by atoms with Crippen LogP contribution in [0.15, 0.2) is 18.2 Å². The quantitative estimate of drug-likeness (QED) is 0.536. The van der Waals surface area contributed by atoms with Crippen LogP contribution in [-0.2, 0) is 14.3 Å². The summed E-state index contributed by atoms with van der Waals surface area (Å²) in [6.07, 6.45) is 5.60. The van der Waals surface area contributed by atoms with E-state index >= 15 is 0 Å². The average molecular weight is 368 g/mol. The summed E-state index contributed by atoms with van der Waals surface area (Å²) < 4.78 is 15.7. The van der Waals surface area contributed by atoms with Crippen LogP contribution in [0.3, 0.4) is 0 Å². The van der Waals surface area contributed by atoms with Crippen LogP contribution in [-0.4, -0.2) is 38.2 Å². The Labute approximate surface area is 152 Å². The van der Waals surface area contributed by atoms with E-state index in [1.807, 2.05) is 6.92 Å². The second-order valence-corrected chi connectivity index (χ2v) is 6.07. The third-order valence-corrected chi connectivity index (χ3v) is 3.68. The van der Waals surface area contributed by atoms with Crippen LogP contribution in [0.4, 0.5) is 0 Å². The normalized spacial score (nSPS) is 13.6. The summed E-state index contributed by atoms with van der Waals surface area (Å²) in [5.41, 5.74) is 0.657. The summed E-state index contributed by atoms with van der Waals surface area (Å²) in [4.78, 5) is 23.2. The highest BCUT2D eigenvalue weighted by Gasteiger charge is 2.23. The Morgan fingerprint density at radius 1 is 1.36 bits per heavy atom. The van der Waals surface area contributed by atoms with Gasteiger partial charge in [-0.3, -0.25) is 4.79 Å². The maximum absolute atomic E-state index is 11.7. The number of hydrogen-bond donors (Lipinski definition) is 1. The highest BCUT2D eigenvalue weighted by molar-refractivity contribution is 6.32. The fourth-order valence-corrected chi connectivity index (χ4v) is 2.30. The van der Waals surface area contributed by atoms with Crippen molar-refractivity contribution < 1.29 is 23.8 Å². The molecular weight excluding hydrogens is 346 g/mol. The minimum atomic E-state index is -0.604. The van der Waals surface area contributed by atoms with Crippen LogP contribution in [0.25, 0.3) is 6.08 Å². The average Bonchev–Trinajstić information content (AvgIpc) is 3.40. The van der Waals surface area contributed by atoms with Crippen molar-refractivity contribution >= 4 is 29.6 Å². The maximum atomic E-state index is 11.7. The molecule has 0 spiro atoms. The number of esters is 1. The van der Waals surface area contributed by atoms with Crippen molar-refractivity contribution in [2.75, 3.05) is 20.3 Å². The predicted octanol–water partition coefficient (Wildman–Crippen LogP) is 2.97. The molecule has 0 atom stereocenters. The van der Waals surface area contributed by atoms with E-state index in [4.69, 9.17) is 25.8 Å². The zero-order valence-corrected chi connectivity index (χ0v) is 15.1. The number of ether oxygens (including phenoxy) is 3. The molecule has 1 amide bonds. The van der Waals surface area contributed by atoms with Gasteiger partial charge in [0, 0.05) is 12.1 Å². The van der Waals surface area contributed by atoms with Crippen molar-refractivity contribution in [3.63, 3.8) is 0 Å². The molecule has 2 rings (SSSR count). The van der Waals surface area contributed by atoms with Crippen LogP contribution in [0.1, 0.15) is 31.7 Å². The molecule has 1 fully saturated rings. The van der Waals surface area contributed by atoms with Gasteiger partial charge >= 0.3 is 5.97 Å². The van der Waals surface area contributed by atoms with E-state index < -0.39 is 5.97 Å². The standard InChI is InChI=1S/C18H22ClNO5/c1-3-8-24-18-14(19)9-12(10-15(18)23-2)4-7-17(22)25-11-16(21)20-13-5-6-13/h4,7,9-10,13H,3,5-6,8,11H2,1-2H3,(H,20,21)/b7-4+. The number of carbonyl (C=O) groups excluding carboxylic acids is 2. The smallest absolute Gasteiger partial charge is 0.331 e. The van der Waals surface area contributed by atoms with Crippen molar-refractivity contribution in [1.29, 1.82) is 0 Å². The second-order valence-electron chi connectivity index (χ2n) is 5.67. The SMILES string of the molecule is CCCOc1c(Cl)cc(/C=C/C(=O)OCC(=O)NC2CC2)cc1OC. The van der Waals surface area contributed by atoms with E-state index in [-0.39, 0.29) is 18.6 Å². The Morgan fingerprint density at radius 2 is 2.12 bits per heavy atom. The molecule has 25 heavy (non-hydrogen) atoms. The Balaban J connectivity index is 1.93. The van der Waals surface area contributed by atoms with Gasteiger partial charge in [-0.05, 0) is 43.0 Å². The van der Waals surface area contributed by atoms with E-state index in [0.29, 0.717) is 28.7 Å². The molecular formula is C18H22ClNO5. The Hall–Kier alpha value is -2.21. The molecule has 0 heterocycles. The molecule has 1 N–H and O–H groups in total. The highest BCUT2D eigenvalue weighted by Crippen LogP contribution is 2.36. The van der Waals surface area contributed by atoms with Gasteiger partial charge in [-0.15, -0.1) is 0 Å². The topological polar surface area (TPSA) is 73.9 Å². The summed E-state index contributed by atoms with van der Waals surface area (Å²) >= 11 is 6.21. The van der Waals surface area contributed by atoms with Gasteiger partial charge < -0.3 is 19.5 Å². The van der Waals surface area contributed by atoms with Crippen molar-refractivity contribution in [3.8, 4) is 11.5 Å². The summed E-state index contributed by atoms with van der Waals surface area (Å²) in [6, 6.07) is 3.61. The van der Waals surface area contributed by atoms with Gasteiger partial charge in [-0.2, -0.15) is 0 Å². The lowest BCUT2D eigenvalue weighted by molar-refractivity contribution is -0.143. The number of hydrogen-bond acceptors (Lipinski definition) is 5. The van der Waals surface area contributed by atoms with Crippen LogP contribution in [0, 0.1) is 0 Å². The van der Waals surface area contributed by atoms with Gasteiger partial charge in [-0.1, -0.05) is 18.5 Å². The molecule has 1 aromatic rings. The molecule has 7 heteroatoms. The van der Waals surface area contributed by atoms with Gasteiger partial charge in [0.1, 0.15) is 0 Å². The summed E-state index contributed by atoms with van der Waals surface area (Å²) in [7, 11) is 1.52. The van der Waals surface area contributed by atoms with Gasteiger partial charge in [0.15, 0.2) is 18.1 Å². The van der Waals surface area contributed by atoms with E-state index in [0.717, 1.165) is 19.3 Å². The fraction of sp³-hybridized carbons (Fsp3) is 0.444. The van der Waals surface area contributed by atoms with Crippen LogP contribution in [0.5, 0.6) is 11.5 Å². The van der Waals surface area contributed by atoms with Crippen LogP contribution < -0.4 is 14.8 Å². The van der Waals surface area contributed by atoms with E-state index in [1.54, 1.807) is 18.2 Å². The molecule has 0 bridgehead atoms. The molecule has 1 aliphatic rings. The highest BCUT2D eigenvalue weighted by atomic mass is 35.5. The molecule has 136 valence electrons. The van der Waals surface area contributed by atoms with Crippen molar-refractivity contribution in [3.05, 3.63) is 28.8 Å². The maximum Gasteiger partial charge on any atom is 0.331 e. The van der Waals surface area contributed by atoms with Gasteiger partial charge in [-0.25, -0.2) is 4.79 Å². The monoisotopic (exact) mass is 367 g/mol. The summed E-state index contributed by atoms with van der Waals surface area (Å²) in [5, 5.41) is 3.13. The van der Waals surface area contributed by atoms with Crippen molar-refractivity contribution in [1.82, 2.24) is 5.32 Å². The molecule has 0 unspecified atom stereocenters. The molecule has 6 nitrogen and oxygen atoms in total. The number of nitrogens with one attached hydrogen (secondary N) is 1. The summed E-state index contributed by atoms with van der Waals surface area (Å²) in [6.45, 7) is 2.24. The van der Waals surface area contributed by atoms with Crippen LogP contribution >= 0.6 is 11.6 Å². The van der Waals surface area contributed by atoms with Gasteiger partial charge in [0.25, 0.3) is 5.91 Å². The van der Waals surface area contributed by atoms with E-state index in [9.17, 15) is 9.59 Å². The first-order valence-corrected chi connectivity index (χ1v) is 8.55. The first kappa shape index (κ1) is 19.1. The number of methoxy groups -OCH3 is 1. The largest absolute Gasteiger partial charge is 0.493 e. The van der Waals surface area contributed by atoms with E-state index in [2.05, 4.69) is 5.32 Å². The van der Waals surface area contributed by atoms with Crippen LogP contribution in [0.2, 0.25) is 5.02 Å². The Bertz CT molecular complexity index is 655. The summed E-state index contributed by atoms with van der Waals surface area (Å²) in [5.74, 6) is 0.0685. The van der Waals surface area contributed by atoms with Gasteiger partial charge in [0.2, 0.25) is 0 Å². The molecule has 1 aromatic carbocycles. The lowest BCUT2D eigenvalue weighted by Crippen LogP contribution is -2.30. The lowest BCUT2D eigenvalue weighted by Gasteiger charge is -2.12. The minimum absolute atomic E-state index is 0.241. The molecule has 0 aromatic heterocycles. The first-order chi connectivity index (χ1) is 12.0. The Kier molecular flexibility index (Phi) is 7.13. The fourth-order valence-electron chi connectivity index (χ4n) is 2.03.